The highest BCUT2D eigenvalue weighted by molar-refractivity contribution is 5.90. The molecule has 3 saturated heterocycles. The second-order valence-electron chi connectivity index (χ2n) is 16.5. The fourth-order valence-electron chi connectivity index (χ4n) is 11.9. The molecule has 0 amide bonds. The van der Waals surface area contributed by atoms with E-state index < -0.39 is 75.8 Å². The first-order valence-corrected chi connectivity index (χ1v) is 18.2. The van der Waals surface area contributed by atoms with E-state index in [-0.39, 0.29) is 30.9 Å². The number of esters is 1. The molecule has 6 aliphatic rings. The van der Waals surface area contributed by atoms with Crippen molar-refractivity contribution in [2.75, 3.05) is 27.3 Å². The first-order chi connectivity index (χ1) is 23.0. The van der Waals surface area contributed by atoms with Crippen LogP contribution >= 0.6 is 0 Å². The number of hydrogen-bond donors (Lipinski definition) is 6. The molecule has 7 rings (SSSR count). The standard InChI is InChI=1S/C37H55NO11/c1-7-8-30(48-31(40)22-10-12-24(46-5)25(15-22)47-6)37(45)23-11-13-26-33(49-37,21(23)3)19-35(43)27-18-38-17-20(2)9-14-28(38)32(4,41)36(27,44)29(39)16-34(26,35)42/h10,12,15,20-21,23,26-30,39,41-45H,7-9,11,13-14,16-19H2,1-6H3. The molecule has 3 aliphatic carbocycles. The number of ether oxygens (including phenoxy) is 4. The van der Waals surface area contributed by atoms with Crippen LogP contribution in [0, 0.1) is 29.6 Å². The third-order valence-electron chi connectivity index (χ3n) is 14.3. The zero-order valence-corrected chi connectivity index (χ0v) is 29.6. The molecule has 12 heteroatoms. The van der Waals surface area contributed by atoms with E-state index in [0.717, 1.165) is 6.42 Å². The Balaban J connectivity index is 1.24. The molecule has 1 aromatic rings. The summed E-state index contributed by atoms with van der Waals surface area (Å²) < 4.78 is 23.6. The van der Waals surface area contributed by atoms with Gasteiger partial charge in [0.25, 0.3) is 0 Å². The lowest BCUT2D eigenvalue weighted by Crippen LogP contribution is -2.85. The van der Waals surface area contributed by atoms with Crippen molar-refractivity contribution < 1.29 is 54.4 Å². The van der Waals surface area contributed by atoms with Crippen molar-refractivity contribution >= 4 is 5.97 Å². The number of aliphatic hydroxyl groups excluding tert-OH is 1. The topological polar surface area (TPSA) is 179 Å². The maximum Gasteiger partial charge on any atom is 0.338 e. The number of methoxy groups -OCH3 is 2. The molecule has 49 heavy (non-hydrogen) atoms. The van der Waals surface area contributed by atoms with Gasteiger partial charge in [-0.2, -0.15) is 0 Å². The number of carbonyl (C=O) groups excluding carboxylic acids is 1. The second kappa shape index (κ2) is 11.5. The maximum absolute atomic E-state index is 13.6. The van der Waals surface area contributed by atoms with Gasteiger partial charge < -0.3 is 49.6 Å². The highest BCUT2D eigenvalue weighted by Gasteiger charge is 2.85. The molecule has 14 atom stereocenters. The van der Waals surface area contributed by atoms with Crippen molar-refractivity contribution in [3.05, 3.63) is 23.8 Å². The van der Waals surface area contributed by atoms with E-state index in [1.807, 2.05) is 13.8 Å². The highest BCUT2D eigenvalue weighted by Crippen LogP contribution is 2.72. The van der Waals surface area contributed by atoms with Gasteiger partial charge in [-0.05, 0) is 69.1 Å². The van der Waals surface area contributed by atoms with Crippen molar-refractivity contribution in [2.24, 2.45) is 29.6 Å². The summed E-state index contributed by atoms with van der Waals surface area (Å²) in [5.41, 5.74) is -8.76. The van der Waals surface area contributed by atoms with Crippen LogP contribution in [0.15, 0.2) is 18.2 Å². The lowest BCUT2D eigenvalue weighted by Gasteiger charge is -2.68. The van der Waals surface area contributed by atoms with Gasteiger partial charge in [0.15, 0.2) is 17.6 Å². The minimum Gasteiger partial charge on any atom is -0.493 e. The van der Waals surface area contributed by atoms with Crippen LogP contribution in [0.2, 0.25) is 0 Å². The molecule has 0 aromatic heterocycles. The molecule has 3 saturated carbocycles. The van der Waals surface area contributed by atoms with E-state index in [1.165, 1.54) is 20.3 Å². The van der Waals surface area contributed by atoms with Crippen molar-refractivity contribution in [2.45, 2.75) is 131 Å². The van der Waals surface area contributed by atoms with Gasteiger partial charge in [0, 0.05) is 49.7 Å². The number of carbonyl (C=O) groups is 1. The minimum absolute atomic E-state index is 0.118. The lowest BCUT2D eigenvalue weighted by atomic mass is 9.49. The zero-order valence-electron chi connectivity index (χ0n) is 29.6. The summed E-state index contributed by atoms with van der Waals surface area (Å²) in [4.78, 5) is 15.7. The first-order valence-electron chi connectivity index (χ1n) is 18.2. The van der Waals surface area contributed by atoms with E-state index >= 15 is 0 Å². The van der Waals surface area contributed by atoms with Gasteiger partial charge in [-0.25, -0.2) is 4.79 Å². The monoisotopic (exact) mass is 689 g/mol. The van der Waals surface area contributed by atoms with E-state index in [9.17, 15) is 35.4 Å². The summed E-state index contributed by atoms with van der Waals surface area (Å²) in [7, 11) is 2.97. The van der Waals surface area contributed by atoms with E-state index in [2.05, 4.69) is 11.8 Å². The quantitative estimate of drug-likeness (QED) is 0.230. The Morgan fingerprint density at radius 3 is 2.37 bits per heavy atom. The molecule has 14 unspecified atom stereocenters. The Hall–Kier alpha value is -2.03. The van der Waals surface area contributed by atoms with Gasteiger partial charge in [-0.15, -0.1) is 0 Å². The van der Waals surface area contributed by atoms with Crippen LogP contribution in [0.3, 0.4) is 0 Å². The fourth-order valence-corrected chi connectivity index (χ4v) is 11.9. The Morgan fingerprint density at radius 1 is 0.980 bits per heavy atom. The average molecular weight is 690 g/mol. The molecular weight excluding hydrogens is 634 g/mol. The third-order valence-corrected chi connectivity index (χ3v) is 14.3. The molecule has 1 spiro atoms. The van der Waals surface area contributed by atoms with Gasteiger partial charge in [0.1, 0.15) is 22.4 Å². The summed E-state index contributed by atoms with van der Waals surface area (Å²) in [5, 5.41) is 74.7. The second-order valence-corrected chi connectivity index (χ2v) is 16.5. The van der Waals surface area contributed by atoms with Crippen LogP contribution in [0.1, 0.15) is 89.4 Å². The van der Waals surface area contributed by atoms with Gasteiger partial charge in [-0.1, -0.05) is 27.2 Å². The Morgan fingerprint density at radius 2 is 1.69 bits per heavy atom. The van der Waals surface area contributed by atoms with Crippen LogP contribution in [0.25, 0.3) is 0 Å². The molecular formula is C37H55NO11. The predicted molar refractivity (Wildman–Crippen MR) is 176 cm³/mol. The Kier molecular flexibility index (Phi) is 8.29. The Labute approximate surface area is 288 Å². The molecule has 6 fully saturated rings. The molecule has 6 N–H and O–H groups in total. The van der Waals surface area contributed by atoms with E-state index in [0.29, 0.717) is 56.1 Å². The number of hydrogen-bond acceptors (Lipinski definition) is 12. The van der Waals surface area contributed by atoms with Gasteiger partial charge in [0.2, 0.25) is 5.79 Å². The van der Waals surface area contributed by atoms with Crippen LogP contribution < -0.4 is 9.47 Å². The summed E-state index contributed by atoms with van der Waals surface area (Å²) in [5.74, 6) is -4.13. The average Bonchev–Trinajstić information content (AvgIpc) is 3.31. The number of benzene rings is 1. The summed E-state index contributed by atoms with van der Waals surface area (Å²) in [6, 6.07) is 4.28. The summed E-state index contributed by atoms with van der Waals surface area (Å²) in [6.07, 6.45) is 0.138. The van der Waals surface area contributed by atoms with Crippen molar-refractivity contribution in [1.29, 1.82) is 0 Å². The molecule has 12 nitrogen and oxygen atoms in total. The van der Waals surface area contributed by atoms with Crippen molar-refractivity contribution in [3.63, 3.8) is 0 Å². The SMILES string of the molecule is CCCC(OC(=O)c1ccc(OC)c(OC)c1)C1(O)OC23CC4(O)C5CN6CC(C)CCC6C(C)(O)C5(O)C(O)CC4(O)C2CCC1C3C. The number of aliphatic hydroxyl groups is 6. The highest BCUT2D eigenvalue weighted by atomic mass is 16.7. The van der Waals surface area contributed by atoms with Gasteiger partial charge in [0.05, 0.1) is 31.5 Å². The Bertz CT molecular complexity index is 1470. The maximum atomic E-state index is 13.6. The van der Waals surface area contributed by atoms with Gasteiger partial charge >= 0.3 is 5.97 Å². The van der Waals surface area contributed by atoms with Crippen LogP contribution in [0.5, 0.6) is 11.5 Å². The number of piperidine rings is 2. The summed E-state index contributed by atoms with van der Waals surface area (Å²) >= 11 is 0. The van der Waals surface area contributed by atoms with Crippen molar-refractivity contribution in [3.8, 4) is 11.5 Å². The molecule has 0 radical (unpaired) electrons. The first kappa shape index (κ1) is 35.4. The van der Waals surface area contributed by atoms with Gasteiger partial charge in [-0.3, -0.25) is 4.90 Å². The number of rotatable bonds is 7. The number of nitrogens with zero attached hydrogens (tertiary/aromatic N) is 1. The zero-order chi connectivity index (χ0) is 35.5. The van der Waals surface area contributed by atoms with Crippen LogP contribution in [-0.2, 0) is 9.47 Å². The molecule has 2 bridgehead atoms. The lowest BCUT2D eigenvalue weighted by molar-refractivity contribution is -0.354. The molecule has 3 heterocycles. The van der Waals surface area contributed by atoms with Crippen molar-refractivity contribution in [1.82, 2.24) is 4.90 Å². The van der Waals surface area contributed by atoms with Crippen LogP contribution in [-0.4, -0.2) is 121 Å². The predicted octanol–water partition coefficient (Wildman–Crippen LogP) is 1.99. The normalized spacial score (nSPS) is 49.3. The van der Waals surface area contributed by atoms with E-state index in [4.69, 9.17) is 18.9 Å². The smallest absolute Gasteiger partial charge is 0.338 e. The minimum atomic E-state index is -2.10. The molecule has 3 aliphatic heterocycles. The fraction of sp³-hybridized carbons (Fsp3) is 0.811. The largest absolute Gasteiger partial charge is 0.493 e. The third kappa shape index (κ3) is 4.47. The van der Waals surface area contributed by atoms with E-state index in [1.54, 1.807) is 19.1 Å². The van der Waals surface area contributed by atoms with Crippen LogP contribution in [0.4, 0.5) is 0 Å². The summed E-state index contributed by atoms with van der Waals surface area (Å²) in [6.45, 7) is 8.40. The number of fused-ring (bicyclic) bond motifs is 6. The molecule has 1 aromatic carbocycles. The molecule has 274 valence electrons.